The highest BCUT2D eigenvalue weighted by Crippen LogP contribution is 2.16. The van der Waals surface area contributed by atoms with Gasteiger partial charge in [-0.25, -0.2) is 0 Å². The molecule has 72 valence electrons. The van der Waals surface area contributed by atoms with Crippen molar-refractivity contribution in [2.75, 3.05) is 19.2 Å². The lowest BCUT2D eigenvalue weighted by atomic mass is 10.1. The molecular formula is C11H17NO. The van der Waals surface area contributed by atoms with E-state index in [4.69, 9.17) is 4.74 Å². The van der Waals surface area contributed by atoms with Crippen molar-refractivity contribution in [2.24, 2.45) is 0 Å². The van der Waals surface area contributed by atoms with Crippen LogP contribution >= 0.6 is 0 Å². The summed E-state index contributed by atoms with van der Waals surface area (Å²) in [6.07, 6.45) is 1.09. The molecule has 13 heavy (non-hydrogen) atoms. The van der Waals surface area contributed by atoms with Crippen molar-refractivity contribution >= 4 is 5.69 Å². The maximum absolute atomic E-state index is 4.95. The zero-order valence-electron chi connectivity index (χ0n) is 8.55. The summed E-state index contributed by atoms with van der Waals surface area (Å²) in [6, 6.07) is 6.45. The van der Waals surface area contributed by atoms with Crippen molar-refractivity contribution in [3.8, 4) is 0 Å². The number of anilines is 1. The Kier molecular flexibility index (Phi) is 3.77. The van der Waals surface area contributed by atoms with Crippen molar-refractivity contribution in [2.45, 2.75) is 20.3 Å². The average molecular weight is 179 g/mol. The monoisotopic (exact) mass is 179 g/mol. The highest BCUT2D eigenvalue weighted by molar-refractivity contribution is 5.51. The van der Waals surface area contributed by atoms with E-state index in [2.05, 4.69) is 37.4 Å². The molecule has 0 atom stereocenters. The molecule has 0 spiro atoms. The van der Waals surface area contributed by atoms with E-state index in [1.807, 2.05) is 0 Å². The Balaban J connectivity index is 2.73. The Labute approximate surface area is 79.9 Å². The van der Waals surface area contributed by atoms with Crippen LogP contribution in [-0.4, -0.2) is 13.8 Å². The Morgan fingerprint density at radius 3 is 2.69 bits per heavy atom. The van der Waals surface area contributed by atoms with Gasteiger partial charge in [-0.05, 0) is 30.5 Å². The van der Waals surface area contributed by atoms with Gasteiger partial charge in [0.05, 0.1) is 0 Å². The summed E-state index contributed by atoms with van der Waals surface area (Å²) in [5, 5.41) is 3.19. The van der Waals surface area contributed by atoms with Gasteiger partial charge in [-0.3, -0.25) is 0 Å². The summed E-state index contributed by atoms with van der Waals surface area (Å²) >= 11 is 0. The van der Waals surface area contributed by atoms with Gasteiger partial charge in [-0.15, -0.1) is 0 Å². The third kappa shape index (κ3) is 2.74. The number of nitrogens with one attached hydrogen (secondary N) is 1. The number of methoxy groups -OCH3 is 1. The van der Waals surface area contributed by atoms with Crippen LogP contribution in [0.4, 0.5) is 5.69 Å². The van der Waals surface area contributed by atoms with Crippen LogP contribution in [0.1, 0.15) is 18.1 Å². The Bertz CT molecular complexity index is 271. The van der Waals surface area contributed by atoms with Crippen molar-refractivity contribution in [3.05, 3.63) is 29.3 Å². The molecule has 0 bridgehead atoms. The third-order valence-corrected chi connectivity index (χ3v) is 2.11. The molecule has 2 nitrogen and oxygen atoms in total. The lowest BCUT2D eigenvalue weighted by molar-refractivity contribution is 0.221. The van der Waals surface area contributed by atoms with E-state index in [0.29, 0.717) is 6.73 Å². The van der Waals surface area contributed by atoms with Crippen LogP contribution in [0, 0.1) is 6.92 Å². The largest absolute Gasteiger partial charge is 0.365 e. The minimum Gasteiger partial charge on any atom is -0.365 e. The van der Waals surface area contributed by atoms with Gasteiger partial charge in [0, 0.05) is 12.8 Å². The smallest absolute Gasteiger partial charge is 0.116 e. The Hall–Kier alpha value is -1.02. The number of hydrogen-bond donors (Lipinski definition) is 1. The SMILES string of the molecule is CCc1ccc(NCOC)c(C)c1. The van der Waals surface area contributed by atoms with E-state index in [-0.39, 0.29) is 0 Å². The maximum atomic E-state index is 4.95. The van der Waals surface area contributed by atoms with Gasteiger partial charge < -0.3 is 10.1 Å². The van der Waals surface area contributed by atoms with E-state index in [9.17, 15) is 0 Å². The molecule has 0 radical (unpaired) electrons. The summed E-state index contributed by atoms with van der Waals surface area (Å²) in [5.41, 5.74) is 3.80. The van der Waals surface area contributed by atoms with Crippen LogP contribution in [0.2, 0.25) is 0 Å². The van der Waals surface area contributed by atoms with Gasteiger partial charge in [-0.1, -0.05) is 19.1 Å². The summed E-state index contributed by atoms with van der Waals surface area (Å²) < 4.78 is 4.95. The molecule has 0 amide bonds. The molecule has 0 aliphatic rings. The topological polar surface area (TPSA) is 21.3 Å². The first-order valence-electron chi connectivity index (χ1n) is 4.60. The normalized spacial score (nSPS) is 10.1. The number of hydrogen-bond acceptors (Lipinski definition) is 2. The van der Waals surface area contributed by atoms with E-state index < -0.39 is 0 Å². The predicted octanol–water partition coefficient (Wildman–Crippen LogP) is 2.57. The second-order valence-electron chi connectivity index (χ2n) is 3.11. The fourth-order valence-corrected chi connectivity index (χ4v) is 1.29. The number of aryl methyl sites for hydroxylation is 2. The number of benzene rings is 1. The molecule has 1 rings (SSSR count). The molecule has 1 N–H and O–H groups in total. The molecule has 0 aliphatic heterocycles. The van der Waals surface area contributed by atoms with Crippen LogP contribution in [0.25, 0.3) is 0 Å². The predicted molar refractivity (Wildman–Crippen MR) is 56.1 cm³/mol. The lowest BCUT2D eigenvalue weighted by Crippen LogP contribution is -2.04. The van der Waals surface area contributed by atoms with Gasteiger partial charge in [0.15, 0.2) is 0 Å². The van der Waals surface area contributed by atoms with Crippen LogP contribution in [0.5, 0.6) is 0 Å². The van der Waals surface area contributed by atoms with Gasteiger partial charge in [0.25, 0.3) is 0 Å². The molecule has 1 aromatic rings. The maximum Gasteiger partial charge on any atom is 0.116 e. The van der Waals surface area contributed by atoms with Crippen LogP contribution in [-0.2, 0) is 11.2 Å². The second kappa shape index (κ2) is 4.87. The Morgan fingerprint density at radius 2 is 2.15 bits per heavy atom. The molecule has 0 fully saturated rings. The zero-order chi connectivity index (χ0) is 9.68. The standard InChI is InChI=1S/C11H17NO/c1-4-10-5-6-11(9(2)7-10)12-8-13-3/h5-7,12H,4,8H2,1-3H3. The second-order valence-corrected chi connectivity index (χ2v) is 3.11. The van der Waals surface area contributed by atoms with Gasteiger partial charge in [-0.2, -0.15) is 0 Å². The molecule has 0 saturated heterocycles. The van der Waals surface area contributed by atoms with Crippen molar-refractivity contribution in [1.82, 2.24) is 0 Å². The van der Waals surface area contributed by atoms with E-state index in [1.54, 1.807) is 7.11 Å². The number of rotatable bonds is 4. The van der Waals surface area contributed by atoms with Gasteiger partial charge in [0.1, 0.15) is 6.73 Å². The van der Waals surface area contributed by atoms with E-state index >= 15 is 0 Å². The molecule has 0 heterocycles. The molecular weight excluding hydrogens is 162 g/mol. The van der Waals surface area contributed by atoms with E-state index in [1.165, 1.54) is 11.1 Å². The minimum absolute atomic E-state index is 0.562. The highest BCUT2D eigenvalue weighted by Gasteiger charge is 1.97. The van der Waals surface area contributed by atoms with Crippen molar-refractivity contribution in [3.63, 3.8) is 0 Å². The molecule has 0 aliphatic carbocycles. The lowest BCUT2D eigenvalue weighted by Gasteiger charge is -2.09. The first-order chi connectivity index (χ1) is 6.27. The summed E-state index contributed by atoms with van der Waals surface area (Å²) in [6.45, 7) is 4.83. The van der Waals surface area contributed by atoms with Crippen molar-refractivity contribution < 1.29 is 4.74 Å². The fraction of sp³-hybridized carbons (Fsp3) is 0.455. The molecule has 0 unspecified atom stereocenters. The van der Waals surface area contributed by atoms with Gasteiger partial charge in [0.2, 0.25) is 0 Å². The van der Waals surface area contributed by atoms with Gasteiger partial charge >= 0.3 is 0 Å². The summed E-state index contributed by atoms with van der Waals surface area (Å²) in [7, 11) is 1.68. The first kappa shape index (κ1) is 10.1. The third-order valence-electron chi connectivity index (χ3n) is 2.11. The van der Waals surface area contributed by atoms with Crippen LogP contribution < -0.4 is 5.32 Å². The average Bonchev–Trinajstić information content (AvgIpc) is 2.16. The Morgan fingerprint density at radius 1 is 1.38 bits per heavy atom. The van der Waals surface area contributed by atoms with Crippen LogP contribution in [0.15, 0.2) is 18.2 Å². The van der Waals surface area contributed by atoms with Crippen LogP contribution in [0.3, 0.4) is 0 Å². The molecule has 0 aromatic heterocycles. The summed E-state index contributed by atoms with van der Waals surface area (Å²) in [5.74, 6) is 0. The zero-order valence-corrected chi connectivity index (χ0v) is 8.55. The number of ether oxygens (including phenoxy) is 1. The highest BCUT2D eigenvalue weighted by atomic mass is 16.5. The molecule has 1 aromatic carbocycles. The first-order valence-corrected chi connectivity index (χ1v) is 4.60. The molecule has 2 heteroatoms. The fourth-order valence-electron chi connectivity index (χ4n) is 1.29. The quantitative estimate of drug-likeness (QED) is 0.717. The minimum atomic E-state index is 0.562. The summed E-state index contributed by atoms with van der Waals surface area (Å²) in [4.78, 5) is 0. The van der Waals surface area contributed by atoms with E-state index in [0.717, 1.165) is 12.1 Å². The van der Waals surface area contributed by atoms with Crippen molar-refractivity contribution in [1.29, 1.82) is 0 Å². The molecule has 0 saturated carbocycles.